The second-order valence-corrected chi connectivity index (χ2v) is 4.86. The number of ether oxygens (including phenoxy) is 1. The van der Waals surface area contributed by atoms with E-state index in [-0.39, 0.29) is 0 Å². The molecule has 1 unspecified atom stereocenters. The van der Waals surface area contributed by atoms with Gasteiger partial charge in [-0.15, -0.1) is 0 Å². The van der Waals surface area contributed by atoms with Crippen LogP contribution in [-0.2, 0) is 11.3 Å². The van der Waals surface area contributed by atoms with Crippen LogP contribution >= 0.6 is 0 Å². The van der Waals surface area contributed by atoms with Crippen molar-refractivity contribution in [3.05, 3.63) is 30.1 Å². The number of pyridine rings is 1. The van der Waals surface area contributed by atoms with Crippen LogP contribution in [0, 0.1) is 0 Å². The maximum absolute atomic E-state index is 5.56. The Bertz CT molecular complexity index is 357. The van der Waals surface area contributed by atoms with E-state index in [0.717, 1.165) is 39.4 Å². The van der Waals surface area contributed by atoms with Gasteiger partial charge in [-0.25, -0.2) is 0 Å². The monoisotopic (exact) mass is 233 g/mol. The van der Waals surface area contributed by atoms with Crippen molar-refractivity contribution in [3.8, 4) is 0 Å². The summed E-state index contributed by atoms with van der Waals surface area (Å²) in [6.45, 7) is 7.36. The molecule has 4 nitrogen and oxygen atoms in total. The van der Waals surface area contributed by atoms with Gasteiger partial charge in [0.25, 0.3) is 0 Å². The standard InChI is InChI=1S/C13H19N3O/c1-2-12(8-14-3-1)9-15-4-5-16-6-7-17-11-13(16)10-15/h1-3,8,13H,4-7,9-11H2. The summed E-state index contributed by atoms with van der Waals surface area (Å²) in [7, 11) is 0. The number of hydrogen-bond acceptors (Lipinski definition) is 4. The Kier molecular flexibility index (Phi) is 3.36. The van der Waals surface area contributed by atoms with Gasteiger partial charge in [-0.05, 0) is 11.6 Å². The maximum atomic E-state index is 5.56. The van der Waals surface area contributed by atoms with Crippen LogP contribution in [0.15, 0.2) is 24.5 Å². The molecule has 4 heteroatoms. The first-order valence-corrected chi connectivity index (χ1v) is 6.35. The lowest BCUT2D eigenvalue weighted by Crippen LogP contribution is -2.57. The lowest BCUT2D eigenvalue weighted by Gasteiger charge is -2.43. The third-order valence-electron chi connectivity index (χ3n) is 3.65. The van der Waals surface area contributed by atoms with Crippen molar-refractivity contribution in [1.82, 2.24) is 14.8 Å². The van der Waals surface area contributed by atoms with Crippen LogP contribution < -0.4 is 0 Å². The number of fused-ring (bicyclic) bond motifs is 1. The maximum Gasteiger partial charge on any atom is 0.0634 e. The molecule has 0 radical (unpaired) electrons. The minimum Gasteiger partial charge on any atom is -0.378 e. The molecule has 0 aromatic carbocycles. The molecule has 2 aliphatic heterocycles. The molecule has 92 valence electrons. The topological polar surface area (TPSA) is 28.6 Å². The Morgan fingerprint density at radius 3 is 3.24 bits per heavy atom. The van der Waals surface area contributed by atoms with Crippen molar-refractivity contribution in [1.29, 1.82) is 0 Å². The lowest BCUT2D eigenvalue weighted by atomic mass is 10.1. The van der Waals surface area contributed by atoms with Crippen molar-refractivity contribution in [3.63, 3.8) is 0 Å². The summed E-state index contributed by atoms with van der Waals surface area (Å²) < 4.78 is 5.56. The summed E-state index contributed by atoms with van der Waals surface area (Å²) >= 11 is 0. The van der Waals surface area contributed by atoms with E-state index >= 15 is 0 Å². The highest BCUT2D eigenvalue weighted by atomic mass is 16.5. The summed E-state index contributed by atoms with van der Waals surface area (Å²) in [5.41, 5.74) is 1.30. The van der Waals surface area contributed by atoms with Gasteiger partial charge >= 0.3 is 0 Å². The molecule has 0 aliphatic carbocycles. The predicted molar refractivity (Wildman–Crippen MR) is 65.7 cm³/mol. The van der Waals surface area contributed by atoms with Gasteiger partial charge in [0.2, 0.25) is 0 Å². The van der Waals surface area contributed by atoms with Crippen LogP contribution in [0.5, 0.6) is 0 Å². The van der Waals surface area contributed by atoms with E-state index in [1.807, 2.05) is 18.5 Å². The second-order valence-electron chi connectivity index (χ2n) is 4.86. The van der Waals surface area contributed by atoms with Crippen molar-refractivity contribution in [2.24, 2.45) is 0 Å². The van der Waals surface area contributed by atoms with Crippen molar-refractivity contribution in [2.75, 3.05) is 39.4 Å². The van der Waals surface area contributed by atoms with Gasteiger partial charge in [0.05, 0.1) is 13.2 Å². The summed E-state index contributed by atoms with van der Waals surface area (Å²) in [6, 6.07) is 4.75. The van der Waals surface area contributed by atoms with Gasteiger partial charge in [-0.3, -0.25) is 14.8 Å². The fraction of sp³-hybridized carbons (Fsp3) is 0.615. The van der Waals surface area contributed by atoms with Gasteiger partial charge in [-0.2, -0.15) is 0 Å². The van der Waals surface area contributed by atoms with E-state index in [9.17, 15) is 0 Å². The van der Waals surface area contributed by atoms with Crippen molar-refractivity contribution < 1.29 is 4.74 Å². The van der Waals surface area contributed by atoms with E-state index < -0.39 is 0 Å². The van der Waals surface area contributed by atoms with E-state index in [2.05, 4.69) is 20.9 Å². The smallest absolute Gasteiger partial charge is 0.0634 e. The molecule has 1 aromatic rings. The molecule has 2 saturated heterocycles. The van der Waals surface area contributed by atoms with Crippen molar-refractivity contribution >= 4 is 0 Å². The van der Waals surface area contributed by atoms with E-state index in [1.165, 1.54) is 12.1 Å². The minimum absolute atomic E-state index is 0.592. The number of piperazine rings is 1. The van der Waals surface area contributed by atoms with Crippen LogP contribution in [0.4, 0.5) is 0 Å². The highest BCUT2D eigenvalue weighted by Gasteiger charge is 2.29. The third kappa shape index (κ3) is 2.65. The van der Waals surface area contributed by atoms with Gasteiger partial charge in [0.1, 0.15) is 0 Å². The number of morpholine rings is 1. The predicted octanol–water partition coefficient (Wildman–Crippen LogP) is 0.598. The molecule has 3 rings (SSSR count). The molecule has 3 heterocycles. The quantitative estimate of drug-likeness (QED) is 0.748. The van der Waals surface area contributed by atoms with E-state index in [4.69, 9.17) is 4.74 Å². The fourth-order valence-corrected chi connectivity index (χ4v) is 2.70. The third-order valence-corrected chi connectivity index (χ3v) is 3.65. The average molecular weight is 233 g/mol. The number of nitrogens with zero attached hydrogens (tertiary/aromatic N) is 3. The van der Waals surface area contributed by atoms with Crippen LogP contribution in [0.25, 0.3) is 0 Å². The van der Waals surface area contributed by atoms with Gasteiger partial charge < -0.3 is 4.74 Å². The Balaban J connectivity index is 1.59. The molecule has 0 spiro atoms. The normalized spacial score (nSPS) is 26.7. The van der Waals surface area contributed by atoms with E-state index in [0.29, 0.717) is 6.04 Å². The summed E-state index contributed by atoms with van der Waals surface area (Å²) in [5, 5.41) is 0. The van der Waals surface area contributed by atoms with Gasteiger partial charge in [0, 0.05) is 51.2 Å². The Hall–Kier alpha value is -0.970. The van der Waals surface area contributed by atoms with E-state index in [1.54, 1.807) is 0 Å². The van der Waals surface area contributed by atoms with Gasteiger partial charge in [-0.1, -0.05) is 6.07 Å². The first kappa shape index (κ1) is 11.1. The summed E-state index contributed by atoms with van der Waals surface area (Å²) in [5.74, 6) is 0. The molecule has 1 atom stereocenters. The van der Waals surface area contributed by atoms with Gasteiger partial charge in [0.15, 0.2) is 0 Å². The zero-order valence-electron chi connectivity index (χ0n) is 10.1. The molecule has 1 aromatic heterocycles. The molecular formula is C13H19N3O. The molecule has 17 heavy (non-hydrogen) atoms. The minimum atomic E-state index is 0.592. The van der Waals surface area contributed by atoms with Crippen LogP contribution in [0.2, 0.25) is 0 Å². The van der Waals surface area contributed by atoms with Crippen LogP contribution in [-0.4, -0.2) is 60.2 Å². The molecule has 2 fully saturated rings. The lowest BCUT2D eigenvalue weighted by molar-refractivity contribution is -0.0461. The summed E-state index contributed by atoms with van der Waals surface area (Å²) in [6.07, 6.45) is 3.79. The Morgan fingerprint density at radius 1 is 1.35 bits per heavy atom. The zero-order chi connectivity index (χ0) is 11.5. The zero-order valence-corrected chi connectivity index (χ0v) is 10.1. The molecule has 0 saturated carbocycles. The highest BCUT2D eigenvalue weighted by Crippen LogP contribution is 2.15. The highest BCUT2D eigenvalue weighted by molar-refractivity contribution is 5.08. The molecule has 2 aliphatic rings. The summed E-state index contributed by atoms with van der Waals surface area (Å²) in [4.78, 5) is 9.24. The fourth-order valence-electron chi connectivity index (χ4n) is 2.70. The molecule has 0 N–H and O–H groups in total. The average Bonchev–Trinajstić information content (AvgIpc) is 2.40. The largest absolute Gasteiger partial charge is 0.378 e. The van der Waals surface area contributed by atoms with Crippen LogP contribution in [0.1, 0.15) is 5.56 Å². The molecule has 0 amide bonds. The Labute approximate surface area is 102 Å². The molecular weight excluding hydrogens is 214 g/mol. The van der Waals surface area contributed by atoms with Crippen LogP contribution in [0.3, 0.4) is 0 Å². The Morgan fingerprint density at radius 2 is 2.35 bits per heavy atom. The molecule has 0 bridgehead atoms. The number of hydrogen-bond donors (Lipinski definition) is 0. The first-order chi connectivity index (χ1) is 8.42. The second kappa shape index (κ2) is 5.12. The first-order valence-electron chi connectivity index (χ1n) is 6.35. The van der Waals surface area contributed by atoms with Crippen molar-refractivity contribution in [2.45, 2.75) is 12.6 Å². The SMILES string of the molecule is c1cncc(CN2CCN3CCOCC3C2)c1. The number of rotatable bonds is 2. The number of aromatic nitrogens is 1.